The molecule has 0 radical (unpaired) electrons. The molecule has 2 amide bonds. The molecule has 6 N–H and O–H groups in total. The number of phenols is 2. The van der Waals surface area contributed by atoms with Gasteiger partial charge < -0.3 is 69.2 Å². The molecule has 0 aliphatic carbocycles. The van der Waals surface area contributed by atoms with E-state index in [2.05, 4.69) is 48.4 Å². The Labute approximate surface area is 523 Å². The number of rotatable bonds is 10. The van der Waals surface area contributed by atoms with Gasteiger partial charge in [0.2, 0.25) is 19.5 Å². The van der Waals surface area contributed by atoms with Crippen LogP contribution in [0.5, 0.6) is 57.5 Å². The SMILES string of the molecule is COc1c(C)cc2c(c1O)[C@@H]1C3Cc4c(OC(C)=O)c(C)c5c(c4[C@H](CN)N3[C@@H](C#N)[C@H](C2)N1C)OCO5.COc1c(C)cc2c(c1O)[C@@H]1C3Cc4c(OC(C)=O)c(C)c5c(c4[C@H](CNC(=O)[C@@H](NC(=O)OC(C)(C)C)C(C)C)N3[C@@H](C#N)[C@H](C2)N1C)OCO5. The summed E-state index contributed by atoms with van der Waals surface area (Å²) < 4.78 is 52.2. The number of alkyl carbamates (subject to hydrolysis) is 1. The maximum atomic E-state index is 14.0. The van der Waals surface area contributed by atoms with Crippen LogP contribution >= 0.6 is 0 Å². The first kappa shape index (κ1) is 63.3. The first-order valence-electron chi connectivity index (χ1n) is 30.5. The number of methoxy groups -OCH3 is 2. The van der Waals surface area contributed by atoms with Crippen LogP contribution in [0.2, 0.25) is 0 Å². The number of amides is 2. The third-order valence-electron chi connectivity index (χ3n) is 19.3. The lowest BCUT2D eigenvalue weighted by Gasteiger charge is -2.60. The molecule has 0 aromatic heterocycles. The van der Waals surface area contributed by atoms with Gasteiger partial charge in [0, 0.05) is 95.6 Å². The Balaban J connectivity index is 0.000000194. The van der Waals surface area contributed by atoms with Crippen LogP contribution in [0.1, 0.15) is 139 Å². The molecule has 4 aromatic carbocycles. The summed E-state index contributed by atoms with van der Waals surface area (Å²) in [6, 6.07) is 4.44. The van der Waals surface area contributed by atoms with Crippen molar-refractivity contribution in [3.8, 4) is 69.6 Å². The number of hydrogen-bond donors (Lipinski definition) is 5. The highest BCUT2D eigenvalue weighted by molar-refractivity contribution is 5.86. The zero-order valence-corrected chi connectivity index (χ0v) is 53.7. The minimum Gasteiger partial charge on any atom is -0.504 e. The normalized spacial score (nSPS) is 25.2. The number of fused-ring (bicyclic) bond motifs is 18. The summed E-state index contributed by atoms with van der Waals surface area (Å²) in [5.74, 6) is 2.20. The highest BCUT2D eigenvalue weighted by Gasteiger charge is 2.59. The molecule has 12 rings (SSSR count). The van der Waals surface area contributed by atoms with Crippen molar-refractivity contribution in [2.45, 2.75) is 174 Å². The van der Waals surface area contributed by atoms with E-state index >= 15 is 0 Å². The lowest BCUT2D eigenvalue weighted by molar-refractivity contribution is -0.133. The first-order chi connectivity index (χ1) is 42.7. The number of nitrogens with two attached hydrogens (primary N) is 1. The number of phenolic OH excluding ortho intramolecular Hbond substituents is 2. The highest BCUT2D eigenvalue weighted by Crippen LogP contribution is 2.61. The monoisotopic (exact) mass is 1240 g/mol. The van der Waals surface area contributed by atoms with Crippen LogP contribution in [0.25, 0.3) is 0 Å². The number of esters is 2. The number of aromatic hydroxyl groups is 2. The van der Waals surface area contributed by atoms with Gasteiger partial charge in [-0.05, 0) is 116 Å². The largest absolute Gasteiger partial charge is 0.504 e. The molecule has 2 saturated heterocycles. The number of hydrogen-bond acceptors (Lipinski definition) is 22. The van der Waals surface area contributed by atoms with E-state index in [1.807, 2.05) is 54.8 Å². The minimum atomic E-state index is -0.924. The zero-order valence-electron chi connectivity index (χ0n) is 53.7. The van der Waals surface area contributed by atoms with E-state index in [4.69, 9.17) is 48.4 Å². The minimum absolute atomic E-state index is 0.0112. The average molecular weight is 1240 g/mol. The summed E-state index contributed by atoms with van der Waals surface area (Å²) in [7, 11) is 7.06. The van der Waals surface area contributed by atoms with Crippen molar-refractivity contribution in [3.63, 3.8) is 0 Å². The second-order valence-electron chi connectivity index (χ2n) is 26.0. The van der Waals surface area contributed by atoms with Gasteiger partial charge in [-0.25, -0.2) is 4.79 Å². The third kappa shape index (κ3) is 10.2. The van der Waals surface area contributed by atoms with Crippen molar-refractivity contribution >= 4 is 23.9 Å². The van der Waals surface area contributed by atoms with Crippen LogP contribution in [0.15, 0.2) is 12.1 Å². The molecular weight excluding hydrogens is 1160 g/mol. The van der Waals surface area contributed by atoms with E-state index in [1.54, 1.807) is 34.8 Å². The van der Waals surface area contributed by atoms with Gasteiger partial charge in [0.1, 0.15) is 35.2 Å². The lowest BCUT2D eigenvalue weighted by atomic mass is 9.71. The predicted molar refractivity (Wildman–Crippen MR) is 325 cm³/mol. The van der Waals surface area contributed by atoms with Gasteiger partial charge in [-0.2, -0.15) is 10.5 Å². The van der Waals surface area contributed by atoms with Gasteiger partial charge >= 0.3 is 18.0 Å². The molecule has 24 nitrogen and oxygen atoms in total. The lowest BCUT2D eigenvalue weighted by Crippen LogP contribution is -2.69. The van der Waals surface area contributed by atoms with Crippen LogP contribution in [-0.4, -0.2) is 157 Å². The Kier molecular flexibility index (Phi) is 16.8. The zero-order chi connectivity index (χ0) is 65.0. The Morgan fingerprint density at radius 2 is 1.09 bits per heavy atom. The molecule has 11 atom stereocenters. The number of benzene rings is 4. The molecule has 8 heterocycles. The number of nitrogens with one attached hydrogen (secondary N) is 2. The molecule has 24 heteroatoms. The van der Waals surface area contributed by atoms with E-state index < -0.39 is 65.8 Å². The fourth-order valence-corrected chi connectivity index (χ4v) is 15.9. The Morgan fingerprint density at radius 1 is 0.667 bits per heavy atom. The van der Waals surface area contributed by atoms with E-state index in [0.717, 1.165) is 38.9 Å². The van der Waals surface area contributed by atoms with Crippen molar-refractivity contribution in [2.75, 3.05) is 55.0 Å². The number of carbonyl (C=O) groups excluding carboxylic acids is 4. The predicted octanol–water partition coefficient (Wildman–Crippen LogP) is 6.51. The van der Waals surface area contributed by atoms with Gasteiger partial charge in [-0.3, -0.25) is 34.0 Å². The molecule has 8 aliphatic heterocycles. The topological polar surface area (TPSA) is 302 Å². The maximum Gasteiger partial charge on any atom is 0.408 e. The van der Waals surface area contributed by atoms with E-state index in [9.17, 15) is 39.9 Å². The number of nitrogens with zero attached hydrogens (tertiary/aromatic N) is 6. The Morgan fingerprint density at radius 3 is 1.48 bits per heavy atom. The fourth-order valence-electron chi connectivity index (χ4n) is 15.9. The van der Waals surface area contributed by atoms with E-state index in [-0.39, 0.29) is 74.3 Å². The summed E-state index contributed by atoms with van der Waals surface area (Å²) in [5.41, 5.74) is 15.1. The second-order valence-corrected chi connectivity index (χ2v) is 26.0. The average Bonchev–Trinajstić information content (AvgIpc) is 0.835. The molecule has 4 bridgehead atoms. The number of likely N-dealkylation sites (N-methyl/N-ethyl adjacent to an activating group) is 2. The number of piperazine rings is 2. The van der Waals surface area contributed by atoms with Crippen LogP contribution in [0.3, 0.4) is 0 Å². The molecule has 4 aromatic rings. The van der Waals surface area contributed by atoms with Gasteiger partial charge in [-0.15, -0.1) is 0 Å². The quantitative estimate of drug-likeness (QED) is 0.0835. The molecule has 480 valence electrons. The molecule has 2 unspecified atom stereocenters. The second kappa shape index (κ2) is 23.8. The fraction of sp³-hybridized carbons (Fsp3) is 0.545. The number of ether oxygens (including phenoxy) is 9. The molecule has 2 fully saturated rings. The van der Waals surface area contributed by atoms with Crippen molar-refractivity contribution in [1.82, 2.24) is 30.2 Å². The molecule has 0 spiro atoms. The van der Waals surface area contributed by atoms with Crippen LogP contribution < -0.4 is 54.3 Å². The molecular formula is C66H81N9O15. The van der Waals surface area contributed by atoms with Crippen molar-refractivity contribution in [2.24, 2.45) is 11.7 Å². The number of nitriles is 2. The Bertz CT molecular complexity index is 3720. The highest BCUT2D eigenvalue weighted by atomic mass is 16.7. The maximum absolute atomic E-state index is 14.0. The molecule has 90 heavy (non-hydrogen) atoms. The molecule has 8 aliphatic rings. The van der Waals surface area contributed by atoms with Crippen LogP contribution in [0.4, 0.5) is 4.79 Å². The number of aryl methyl sites for hydroxylation is 2. The van der Waals surface area contributed by atoms with Gasteiger partial charge in [0.15, 0.2) is 46.0 Å². The molecule has 0 saturated carbocycles. The van der Waals surface area contributed by atoms with Crippen molar-refractivity contribution < 1.29 is 72.0 Å². The van der Waals surface area contributed by atoms with Gasteiger partial charge in [0.05, 0.1) is 50.5 Å². The third-order valence-corrected chi connectivity index (χ3v) is 19.3. The van der Waals surface area contributed by atoms with Crippen molar-refractivity contribution in [1.29, 1.82) is 10.5 Å². The number of carbonyl (C=O) groups is 4. The summed E-state index contributed by atoms with van der Waals surface area (Å²) in [4.78, 5) is 60.2. The summed E-state index contributed by atoms with van der Waals surface area (Å²) in [6.07, 6.45) is 1.17. The first-order valence-corrected chi connectivity index (χ1v) is 30.5. The van der Waals surface area contributed by atoms with Gasteiger partial charge in [0.25, 0.3) is 0 Å². The Hall–Kier alpha value is -8.26. The summed E-state index contributed by atoms with van der Waals surface area (Å²) >= 11 is 0. The summed E-state index contributed by atoms with van der Waals surface area (Å²) in [5, 5.41) is 50.5. The van der Waals surface area contributed by atoms with E-state index in [0.29, 0.717) is 99.5 Å². The smallest absolute Gasteiger partial charge is 0.408 e. The van der Waals surface area contributed by atoms with Gasteiger partial charge in [-0.1, -0.05) is 26.0 Å². The van der Waals surface area contributed by atoms with Crippen molar-refractivity contribution in [3.05, 3.63) is 78.9 Å². The van der Waals surface area contributed by atoms with Crippen LogP contribution in [0, 0.1) is 56.3 Å². The van der Waals surface area contributed by atoms with Crippen LogP contribution in [-0.2, 0) is 44.8 Å². The summed E-state index contributed by atoms with van der Waals surface area (Å²) in [6.45, 7) is 19.3. The standard InChI is InChI=1S/C38H49N5O9.C28H32N4O6/c1-17(2)29(41-37(47)52-38(6,7)8)36(46)40-15-26-28-22(33(51-20(5)44)19(4)34-35(28)50-16-49-34)13-24-30-27-21(11-18(3)32(48-10)31(27)45)12-23(42(30)9)25(14-39)43(24)26;1-12-6-15-7-17-19(9-29)32-18(23(31(17)4)21(15)24(34)25(12)35-5)8-16-22(20(32)10-30)28-27(36-11-37-28)13(2)26(16)38-14(3)33/h11,17,23-26,29-30,45H,12-13,15-16H2,1-10H3,(H,40,46)(H,41,47);6,17-20,23,34H,7-8,10-11,30H2,1-5H3/t23-,24?,25-,26-,29-,30-;17-,18?,19-,20-,23-/m00/s1. The van der Waals surface area contributed by atoms with E-state index in [1.165, 1.54) is 21.0 Å².